The minimum atomic E-state index is -4.64. The fraction of sp³-hybridized carbons (Fsp3) is 0.684. The van der Waals surface area contributed by atoms with Crippen molar-refractivity contribution in [3.8, 4) is 5.88 Å². The lowest BCUT2D eigenvalue weighted by atomic mass is 9.87. The highest BCUT2D eigenvalue weighted by Crippen LogP contribution is 2.45. The molecule has 1 aliphatic carbocycles. The highest BCUT2D eigenvalue weighted by atomic mass is 19.4. The fourth-order valence-electron chi connectivity index (χ4n) is 3.72. The summed E-state index contributed by atoms with van der Waals surface area (Å²) in [6.07, 6.45) is -3.06. The molecule has 6 nitrogen and oxygen atoms in total. The van der Waals surface area contributed by atoms with Gasteiger partial charge < -0.3 is 19.6 Å². The van der Waals surface area contributed by atoms with Crippen molar-refractivity contribution in [1.29, 1.82) is 0 Å². The predicted octanol–water partition coefficient (Wildman–Crippen LogP) is 2.71. The smallest absolute Gasteiger partial charge is 0.398 e. The number of amides is 1. The van der Waals surface area contributed by atoms with Crippen LogP contribution in [0.2, 0.25) is 0 Å². The van der Waals surface area contributed by atoms with Crippen molar-refractivity contribution in [3.63, 3.8) is 0 Å². The molecule has 0 radical (unpaired) electrons. The molecule has 3 fully saturated rings. The van der Waals surface area contributed by atoms with E-state index in [1.807, 2.05) is 0 Å². The summed E-state index contributed by atoms with van der Waals surface area (Å²) in [5.74, 6) is -3.13. The summed E-state index contributed by atoms with van der Waals surface area (Å²) < 4.78 is 72.3. The minimum Gasteiger partial charge on any atom is -0.476 e. The summed E-state index contributed by atoms with van der Waals surface area (Å²) in [5, 5.41) is 9.31. The van der Waals surface area contributed by atoms with Crippen molar-refractivity contribution in [2.24, 2.45) is 11.3 Å². The van der Waals surface area contributed by atoms with Gasteiger partial charge in [0.15, 0.2) is 0 Å². The van der Waals surface area contributed by atoms with Crippen LogP contribution in [0.1, 0.15) is 29.8 Å². The molecule has 4 rings (SSSR count). The van der Waals surface area contributed by atoms with Crippen LogP contribution in [0.4, 0.5) is 27.6 Å². The van der Waals surface area contributed by atoms with Gasteiger partial charge in [-0.05, 0) is 37.3 Å². The SMILES string of the molecule is O=C(c1ccc(N2CC(F)(F)C2)c(OCC2CC2)n1)N1CCC(CO)(C(F)(F)F)C1. The first kappa shape index (κ1) is 21.1. The molecule has 1 atom stereocenters. The van der Waals surface area contributed by atoms with E-state index in [0.29, 0.717) is 18.2 Å². The molecule has 2 aliphatic heterocycles. The number of hydrogen-bond acceptors (Lipinski definition) is 5. The van der Waals surface area contributed by atoms with Crippen LogP contribution in [0.5, 0.6) is 5.88 Å². The van der Waals surface area contributed by atoms with E-state index in [9.17, 15) is 31.9 Å². The number of likely N-dealkylation sites (tertiary alicyclic amines) is 1. The number of hydrogen-bond donors (Lipinski definition) is 1. The van der Waals surface area contributed by atoms with Crippen LogP contribution in [0, 0.1) is 11.3 Å². The third-order valence-corrected chi connectivity index (χ3v) is 5.94. The Bertz CT molecular complexity index is 822. The summed E-state index contributed by atoms with van der Waals surface area (Å²) >= 11 is 0. The van der Waals surface area contributed by atoms with E-state index in [1.165, 1.54) is 17.0 Å². The van der Waals surface area contributed by atoms with E-state index in [2.05, 4.69) is 4.98 Å². The van der Waals surface area contributed by atoms with Crippen molar-refractivity contribution >= 4 is 11.6 Å². The molecular formula is C19H22F5N3O3. The van der Waals surface area contributed by atoms with Crippen molar-refractivity contribution < 1.29 is 36.6 Å². The van der Waals surface area contributed by atoms with Crippen LogP contribution in [-0.2, 0) is 0 Å². The average Bonchev–Trinajstić information content (AvgIpc) is 3.38. The molecular weight excluding hydrogens is 413 g/mol. The summed E-state index contributed by atoms with van der Waals surface area (Å²) in [6.45, 7) is -2.57. The number of nitrogens with zero attached hydrogens (tertiary/aromatic N) is 3. The maximum Gasteiger partial charge on any atom is 0.398 e. The summed E-state index contributed by atoms with van der Waals surface area (Å²) in [4.78, 5) is 19.3. The molecule has 30 heavy (non-hydrogen) atoms. The first-order valence-corrected chi connectivity index (χ1v) is 9.77. The van der Waals surface area contributed by atoms with Crippen molar-refractivity contribution in [2.45, 2.75) is 31.4 Å². The number of halogens is 5. The van der Waals surface area contributed by atoms with Gasteiger partial charge in [-0.3, -0.25) is 4.79 Å². The second kappa shape index (κ2) is 7.21. The molecule has 0 bridgehead atoms. The van der Waals surface area contributed by atoms with E-state index in [4.69, 9.17) is 4.74 Å². The van der Waals surface area contributed by atoms with E-state index in [1.54, 1.807) is 0 Å². The van der Waals surface area contributed by atoms with Crippen LogP contribution in [-0.4, -0.2) is 72.4 Å². The van der Waals surface area contributed by atoms with E-state index in [-0.39, 0.29) is 18.1 Å². The zero-order chi connectivity index (χ0) is 21.7. The number of anilines is 1. The number of aliphatic hydroxyl groups excluding tert-OH is 1. The minimum absolute atomic E-state index is 0.0340. The van der Waals surface area contributed by atoms with Gasteiger partial charge in [0.1, 0.15) is 16.8 Å². The van der Waals surface area contributed by atoms with Crippen LogP contribution in [0.15, 0.2) is 12.1 Å². The first-order valence-electron chi connectivity index (χ1n) is 9.77. The van der Waals surface area contributed by atoms with Crippen LogP contribution in [0.25, 0.3) is 0 Å². The molecule has 1 aromatic heterocycles. The Labute approximate surface area is 169 Å². The molecule has 3 heterocycles. The van der Waals surface area contributed by atoms with Crippen LogP contribution < -0.4 is 9.64 Å². The van der Waals surface area contributed by atoms with E-state index in [0.717, 1.165) is 17.7 Å². The molecule has 1 unspecified atom stereocenters. The average molecular weight is 435 g/mol. The summed E-state index contributed by atoms with van der Waals surface area (Å²) in [7, 11) is 0. The lowest BCUT2D eigenvalue weighted by Crippen LogP contribution is -2.56. The third-order valence-electron chi connectivity index (χ3n) is 5.94. The Balaban J connectivity index is 1.53. The maximum atomic E-state index is 13.4. The van der Waals surface area contributed by atoms with Crippen molar-refractivity contribution in [3.05, 3.63) is 17.8 Å². The number of alkyl halides is 5. The largest absolute Gasteiger partial charge is 0.476 e. The van der Waals surface area contributed by atoms with Gasteiger partial charge in [-0.25, -0.2) is 13.8 Å². The molecule has 3 aliphatic rings. The number of aliphatic hydroxyl groups is 1. The van der Waals surface area contributed by atoms with Crippen molar-refractivity contribution in [2.75, 3.05) is 44.3 Å². The Hall–Kier alpha value is -2.17. The quantitative estimate of drug-likeness (QED) is 0.697. The Morgan fingerprint density at radius 2 is 1.93 bits per heavy atom. The van der Waals surface area contributed by atoms with Gasteiger partial charge in [0, 0.05) is 13.1 Å². The second-order valence-electron chi connectivity index (χ2n) is 8.40. The number of pyridine rings is 1. The Morgan fingerprint density at radius 3 is 2.47 bits per heavy atom. The topological polar surface area (TPSA) is 65.9 Å². The van der Waals surface area contributed by atoms with Gasteiger partial charge >= 0.3 is 6.18 Å². The lowest BCUT2D eigenvalue weighted by Gasteiger charge is -2.40. The van der Waals surface area contributed by atoms with Gasteiger partial charge in [0.2, 0.25) is 5.88 Å². The third kappa shape index (κ3) is 3.91. The Kier molecular flexibility index (Phi) is 5.06. The van der Waals surface area contributed by atoms with Crippen molar-refractivity contribution in [1.82, 2.24) is 9.88 Å². The molecule has 1 amide bonds. The second-order valence-corrected chi connectivity index (χ2v) is 8.40. The standard InChI is InChI=1S/C19H22F5N3O3/c20-18(21)9-27(10-18)14-4-3-13(25-15(14)30-7-12-1-2-12)16(29)26-6-5-17(8-26,11-28)19(22,23)24/h3-4,12,28H,1-2,5-11H2. The number of ether oxygens (including phenoxy) is 1. The maximum absolute atomic E-state index is 13.4. The van der Waals surface area contributed by atoms with E-state index < -0.39 is 56.1 Å². The monoisotopic (exact) mass is 435 g/mol. The predicted molar refractivity (Wildman–Crippen MR) is 95.7 cm³/mol. The number of aromatic nitrogens is 1. The number of carbonyl (C=O) groups is 1. The molecule has 0 aromatic carbocycles. The number of carbonyl (C=O) groups excluding carboxylic acids is 1. The molecule has 166 valence electrons. The lowest BCUT2D eigenvalue weighted by molar-refractivity contribution is -0.229. The molecule has 1 N–H and O–H groups in total. The fourth-order valence-corrected chi connectivity index (χ4v) is 3.72. The van der Waals surface area contributed by atoms with Gasteiger partial charge in [0.05, 0.1) is 26.3 Å². The van der Waals surface area contributed by atoms with Gasteiger partial charge in [0.25, 0.3) is 11.8 Å². The molecule has 1 aromatic rings. The van der Waals surface area contributed by atoms with E-state index >= 15 is 0 Å². The summed E-state index contributed by atoms with van der Waals surface area (Å²) in [5.41, 5.74) is -2.13. The van der Waals surface area contributed by atoms with Crippen LogP contribution >= 0.6 is 0 Å². The zero-order valence-corrected chi connectivity index (χ0v) is 16.1. The number of rotatable bonds is 6. The molecule has 0 spiro atoms. The summed E-state index contributed by atoms with van der Waals surface area (Å²) in [6, 6.07) is 2.75. The molecule has 11 heteroatoms. The Morgan fingerprint density at radius 1 is 1.23 bits per heavy atom. The van der Waals surface area contributed by atoms with Gasteiger partial charge in [-0.2, -0.15) is 13.2 Å². The normalized spacial score (nSPS) is 25.9. The highest BCUT2D eigenvalue weighted by Gasteiger charge is 2.58. The van der Waals surface area contributed by atoms with Gasteiger partial charge in [-0.1, -0.05) is 0 Å². The van der Waals surface area contributed by atoms with Crippen LogP contribution in [0.3, 0.4) is 0 Å². The van der Waals surface area contributed by atoms with Gasteiger partial charge in [-0.15, -0.1) is 0 Å². The first-order chi connectivity index (χ1) is 14.0. The highest BCUT2D eigenvalue weighted by molar-refractivity contribution is 5.93. The molecule has 2 saturated heterocycles. The zero-order valence-electron chi connectivity index (χ0n) is 16.1. The molecule has 1 saturated carbocycles.